The van der Waals surface area contributed by atoms with Crippen LogP contribution < -0.4 is 5.73 Å². The lowest BCUT2D eigenvalue weighted by molar-refractivity contribution is -0.141. The number of carbonyl (C=O) groups excluding carboxylic acids is 1. The van der Waals surface area contributed by atoms with Gasteiger partial charge < -0.3 is 15.6 Å². The number of phenols is 1. The number of esters is 1. The largest absolute Gasteiger partial charge is 0.508 e. The number of benzene rings is 1. The minimum Gasteiger partial charge on any atom is -0.508 e. The molecule has 0 spiro atoms. The number of methoxy groups -OCH3 is 1. The molecule has 1 atom stereocenters. The molecule has 0 aliphatic rings. The summed E-state index contributed by atoms with van der Waals surface area (Å²) in [5.41, 5.74) is 6.33. The van der Waals surface area contributed by atoms with Gasteiger partial charge in [0.2, 0.25) is 0 Å². The van der Waals surface area contributed by atoms with E-state index >= 15 is 0 Å². The van der Waals surface area contributed by atoms with Crippen LogP contribution in [-0.2, 0) is 9.53 Å². The number of halogens is 1. The van der Waals surface area contributed by atoms with Crippen LogP contribution in [0, 0.1) is 0 Å². The maximum absolute atomic E-state index is 11.2. The Labute approximate surface area is 99.0 Å². The highest BCUT2D eigenvalue weighted by Crippen LogP contribution is 2.29. The number of carbonyl (C=O) groups is 1. The van der Waals surface area contributed by atoms with Gasteiger partial charge in [0.15, 0.2) is 0 Å². The minimum absolute atomic E-state index is 0.0857. The second-order valence-corrected chi connectivity index (χ2v) is 3.83. The van der Waals surface area contributed by atoms with Crippen molar-refractivity contribution in [1.82, 2.24) is 0 Å². The molecule has 0 radical (unpaired) electrons. The Balaban J connectivity index is 2.90. The Morgan fingerprint density at radius 3 is 2.81 bits per heavy atom. The zero-order valence-electron chi connectivity index (χ0n) is 8.94. The molecule has 1 rings (SSSR count). The molecule has 0 fully saturated rings. The third-order valence-electron chi connectivity index (χ3n) is 2.35. The number of hydrogen-bond donors (Lipinski definition) is 2. The summed E-state index contributed by atoms with van der Waals surface area (Å²) in [5, 5.41) is 9.61. The first kappa shape index (κ1) is 12.8. The molecule has 0 aliphatic carbocycles. The summed E-state index contributed by atoms with van der Waals surface area (Å²) in [6.07, 6.45) is 0.178. The van der Waals surface area contributed by atoms with E-state index in [-0.39, 0.29) is 24.1 Å². The Hall–Kier alpha value is -1.26. The number of aromatic hydroxyl groups is 1. The summed E-state index contributed by atoms with van der Waals surface area (Å²) >= 11 is 5.96. The standard InChI is InChI=1S/C11H14ClNO3/c1-16-11(15)4-7(6-13)9-3-2-8(14)5-10(9)12/h2-3,5,7,14H,4,6,13H2,1H3. The van der Waals surface area contributed by atoms with Gasteiger partial charge in [-0.2, -0.15) is 0 Å². The van der Waals surface area contributed by atoms with E-state index < -0.39 is 0 Å². The molecule has 88 valence electrons. The monoisotopic (exact) mass is 243 g/mol. The van der Waals surface area contributed by atoms with E-state index in [9.17, 15) is 9.90 Å². The van der Waals surface area contributed by atoms with Crippen molar-refractivity contribution in [2.24, 2.45) is 5.73 Å². The molecule has 0 saturated heterocycles. The van der Waals surface area contributed by atoms with Crippen LogP contribution in [-0.4, -0.2) is 24.7 Å². The van der Waals surface area contributed by atoms with Gasteiger partial charge in [0.05, 0.1) is 13.5 Å². The molecular formula is C11H14ClNO3. The van der Waals surface area contributed by atoms with Gasteiger partial charge in [-0.25, -0.2) is 0 Å². The smallest absolute Gasteiger partial charge is 0.306 e. The molecular weight excluding hydrogens is 230 g/mol. The van der Waals surface area contributed by atoms with Crippen molar-refractivity contribution in [3.05, 3.63) is 28.8 Å². The zero-order chi connectivity index (χ0) is 12.1. The van der Waals surface area contributed by atoms with Crippen LogP contribution in [0.1, 0.15) is 17.9 Å². The van der Waals surface area contributed by atoms with Gasteiger partial charge >= 0.3 is 5.97 Å². The molecule has 1 unspecified atom stereocenters. The lowest BCUT2D eigenvalue weighted by atomic mass is 9.96. The maximum atomic E-state index is 11.2. The van der Waals surface area contributed by atoms with Crippen LogP contribution in [0.2, 0.25) is 5.02 Å². The molecule has 0 amide bonds. The zero-order valence-corrected chi connectivity index (χ0v) is 9.70. The van der Waals surface area contributed by atoms with Crippen LogP contribution in [0.25, 0.3) is 0 Å². The molecule has 0 aromatic heterocycles. The van der Waals surface area contributed by atoms with Crippen LogP contribution >= 0.6 is 11.6 Å². The molecule has 3 N–H and O–H groups in total. The first-order valence-corrected chi connectivity index (χ1v) is 5.21. The highest BCUT2D eigenvalue weighted by molar-refractivity contribution is 6.31. The van der Waals surface area contributed by atoms with Crippen LogP contribution in [0.5, 0.6) is 5.75 Å². The third kappa shape index (κ3) is 3.12. The number of rotatable bonds is 4. The SMILES string of the molecule is COC(=O)CC(CN)c1ccc(O)cc1Cl. The summed E-state index contributed by atoms with van der Waals surface area (Å²) < 4.78 is 4.58. The molecule has 0 bridgehead atoms. The van der Waals surface area contributed by atoms with Crippen molar-refractivity contribution in [3.63, 3.8) is 0 Å². The topological polar surface area (TPSA) is 72.5 Å². The summed E-state index contributed by atoms with van der Waals surface area (Å²) in [5.74, 6) is -0.442. The highest BCUT2D eigenvalue weighted by atomic mass is 35.5. The number of ether oxygens (including phenoxy) is 1. The quantitative estimate of drug-likeness (QED) is 0.789. The molecule has 0 saturated carbocycles. The number of hydrogen-bond acceptors (Lipinski definition) is 4. The van der Waals surface area contributed by atoms with Gasteiger partial charge in [0, 0.05) is 10.9 Å². The van der Waals surface area contributed by atoms with E-state index in [1.54, 1.807) is 6.07 Å². The molecule has 4 nitrogen and oxygen atoms in total. The molecule has 16 heavy (non-hydrogen) atoms. The third-order valence-corrected chi connectivity index (χ3v) is 2.68. The Bertz CT molecular complexity index is 381. The predicted octanol–water partition coefficient (Wildman–Crippen LogP) is 1.65. The van der Waals surface area contributed by atoms with Crippen molar-refractivity contribution in [2.45, 2.75) is 12.3 Å². The number of phenolic OH excluding ortho intramolecular Hbond substituents is 1. The Morgan fingerprint density at radius 1 is 1.62 bits per heavy atom. The van der Waals surface area contributed by atoms with Gasteiger partial charge in [-0.1, -0.05) is 17.7 Å². The average Bonchev–Trinajstić information content (AvgIpc) is 2.26. The first-order chi connectivity index (χ1) is 7.58. The summed E-state index contributed by atoms with van der Waals surface area (Å²) in [7, 11) is 1.33. The molecule has 0 heterocycles. The van der Waals surface area contributed by atoms with Crippen molar-refractivity contribution in [1.29, 1.82) is 0 Å². The summed E-state index contributed by atoms with van der Waals surface area (Å²) in [4.78, 5) is 11.2. The molecule has 1 aromatic rings. The van der Waals surface area contributed by atoms with Crippen molar-refractivity contribution < 1.29 is 14.6 Å². The van der Waals surface area contributed by atoms with Crippen LogP contribution in [0.3, 0.4) is 0 Å². The van der Waals surface area contributed by atoms with Crippen LogP contribution in [0.15, 0.2) is 18.2 Å². The van der Waals surface area contributed by atoms with E-state index in [4.69, 9.17) is 17.3 Å². The highest BCUT2D eigenvalue weighted by Gasteiger charge is 2.17. The fourth-order valence-electron chi connectivity index (χ4n) is 1.45. The van der Waals surface area contributed by atoms with Crippen molar-refractivity contribution >= 4 is 17.6 Å². The van der Waals surface area contributed by atoms with Crippen molar-refractivity contribution in [3.8, 4) is 5.75 Å². The van der Waals surface area contributed by atoms with E-state index in [2.05, 4.69) is 4.74 Å². The predicted molar refractivity (Wildman–Crippen MR) is 61.5 cm³/mol. The van der Waals surface area contributed by atoms with Gasteiger partial charge in [0.25, 0.3) is 0 Å². The van der Waals surface area contributed by atoms with Crippen molar-refractivity contribution in [2.75, 3.05) is 13.7 Å². The number of nitrogens with two attached hydrogens (primary N) is 1. The first-order valence-electron chi connectivity index (χ1n) is 4.83. The normalized spacial score (nSPS) is 12.2. The van der Waals surface area contributed by atoms with Gasteiger partial charge in [-0.05, 0) is 24.2 Å². The van der Waals surface area contributed by atoms with Gasteiger partial charge in [0.1, 0.15) is 5.75 Å². The second kappa shape index (κ2) is 5.72. The van der Waals surface area contributed by atoms with Crippen LogP contribution in [0.4, 0.5) is 0 Å². The molecule has 0 aliphatic heterocycles. The fourth-order valence-corrected chi connectivity index (χ4v) is 1.78. The lowest BCUT2D eigenvalue weighted by Gasteiger charge is -2.15. The van der Waals surface area contributed by atoms with Gasteiger partial charge in [-0.15, -0.1) is 0 Å². The van der Waals surface area contributed by atoms with Gasteiger partial charge in [-0.3, -0.25) is 4.79 Å². The lowest BCUT2D eigenvalue weighted by Crippen LogP contribution is -2.17. The van der Waals surface area contributed by atoms with E-state index in [1.165, 1.54) is 19.2 Å². The van der Waals surface area contributed by atoms with E-state index in [1.807, 2.05) is 0 Å². The molecule has 1 aromatic carbocycles. The van der Waals surface area contributed by atoms with E-state index in [0.29, 0.717) is 11.6 Å². The minimum atomic E-state index is -0.334. The summed E-state index contributed by atoms with van der Waals surface area (Å²) in [6, 6.07) is 4.61. The van der Waals surface area contributed by atoms with E-state index in [0.717, 1.165) is 5.56 Å². The Kier molecular flexibility index (Phi) is 4.58. The molecule has 5 heteroatoms. The summed E-state index contributed by atoms with van der Waals surface area (Å²) in [6.45, 7) is 0.291. The maximum Gasteiger partial charge on any atom is 0.306 e. The average molecular weight is 244 g/mol. The fraction of sp³-hybridized carbons (Fsp3) is 0.364. The second-order valence-electron chi connectivity index (χ2n) is 3.42. The Morgan fingerprint density at radius 2 is 2.31 bits per heavy atom.